The Labute approximate surface area is 111 Å². The van der Waals surface area contributed by atoms with Gasteiger partial charge in [-0.15, -0.1) is 0 Å². The fourth-order valence-electron chi connectivity index (χ4n) is 1.84. The first-order chi connectivity index (χ1) is 8.70. The number of hydrogen-bond acceptors (Lipinski definition) is 3. The summed E-state index contributed by atoms with van der Waals surface area (Å²) in [6.45, 7) is 5.59. The van der Waals surface area contributed by atoms with Crippen molar-refractivity contribution < 1.29 is 0 Å². The Morgan fingerprint density at radius 3 is 2.56 bits per heavy atom. The molecule has 2 aromatic rings. The zero-order valence-electron chi connectivity index (χ0n) is 10.8. The molecule has 2 rings (SSSR count). The number of anilines is 1. The van der Waals surface area contributed by atoms with Crippen LogP contribution in [0.1, 0.15) is 18.2 Å². The van der Waals surface area contributed by atoms with Crippen LogP contribution in [-0.4, -0.2) is 11.1 Å². The van der Waals surface area contributed by atoms with Gasteiger partial charge in [-0.3, -0.25) is 4.79 Å². The van der Waals surface area contributed by atoms with E-state index in [1.807, 2.05) is 12.3 Å². The summed E-state index contributed by atoms with van der Waals surface area (Å²) in [5, 5.41) is 5.23. The van der Waals surface area contributed by atoms with Crippen LogP contribution in [0.15, 0.2) is 34.4 Å². The molecule has 1 N–H and O–H groups in total. The summed E-state index contributed by atoms with van der Waals surface area (Å²) in [5.41, 5.74) is 3.48. The lowest BCUT2D eigenvalue weighted by molar-refractivity contribution is 0.694. The van der Waals surface area contributed by atoms with Gasteiger partial charge in [0, 0.05) is 29.9 Å². The Hall–Kier alpha value is -1.55. The van der Waals surface area contributed by atoms with Crippen molar-refractivity contribution in [2.75, 3.05) is 11.9 Å². The van der Waals surface area contributed by atoms with Gasteiger partial charge in [-0.1, -0.05) is 30.4 Å². The average Bonchev–Trinajstić information content (AvgIpc) is 2.71. The summed E-state index contributed by atoms with van der Waals surface area (Å²) in [4.78, 5) is 11.6. The van der Waals surface area contributed by atoms with Gasteiger partial charge in [0.05, 0.1) is 0 Å². The first kappa shape index (κ1) is 12.9. The average molecular weight is 262 g/mol. The number of thiazole rings is 1. The highest BCUT2D eigenvalue weighted by molar-refractivity contribution is 7.07. The third-order valence-electron chi connectivity index (χ3n) is 3.00. The molecule has 0 atom stereocenters. The number of nitrogens with one attached hydrogen (secondary N) is 1. The maximum absolute atomic E-state index is 11.5. The van der Waals surface area contributed by atoms with E-state index in [2.05, 4.69) is 36.5 Å². The smallest absolute Gasteiger partial charge is 0.307 e. The number of aromatic nitrogens is 1. The number of benzene rings is 1. The normalized spacial score (nSPS) is 10.6. The maximum Gasteiger partial charge on any atom is 0.307 e. The van der Waals surface area contributed by atoms with E-state index in [1.54, 1.807) is 4.57 Å². The minimum atomic E-state index is 0.121. The molecule has 0 saturated heterocycles. The van der Waals surface area contributed by atoms with Gasteiger partial charge < -0.3 is 9.88 Å². The van der Waals surface area contributed by atoms with Crippen molar-refractivity contribution in [3.8, 4) is 0 Å². The van der Waals surface area contributed by atoms with E-state index < -0.39 is 0 Å². The minimum absolute atomic E-state index is 0.121. The first-order valence-electron chi connectivity index (χ1n) is 6.18. The molecule has 18 heavy (non-hydrogen) atoms. The highest BCUT2D eigenvalue weighted by Crippen LogP contribution is 2.09. The Morgan fingerprint density at radius 2 is 2.00 bits per heavy atom. The summed E-state index contributed by atoms with van der Waals surface area (Å²) in [5.74, 6) is 0. The fourth-order valence-corrected chi connectivity index (χ4v) is 2.61. The van der Waals surface area contributed by atoms with Crippen LogP contribution in [-0.2, 0) is 13.0 Å². The molecule has 0 aliphatic carbocycles. The highest BCUT2D eigenvalue weighted by atomic mass is 32.1. The van der Waals surface area contributed by atoms with Crippen LogP contribution in [0.4, 0.5) is 5.69 Å². The SMILES string of the molecule is CCc1ccc(NCCn2c(C)csc2=O)cc1. The molecular formula is C14H18N2OS. The monoisotopic (exact) mass is 262 g/mol. The van der Waals surface area contributed by atoms with E-state index in [9.17, 15) is 4.79 Å². The van der Waals surface area contributed by atoms with Crippen molar-refractivity contribution in [1.29, 1.82) is 0 Å². The quantitative estimate of drug-likeness (QED) is 0.899. The lowest BCUT2D eigenvalue weighted by Gasteiger charge is -2.08. The van der Waals surface area contributed by atoms with Crippen molar-refractivity contribution in [3.63, 3.8) is 0 Å². The standard InChI is InChI=1S/C14H18N2OS/c1-3-12-4-6-13(7-5-12)15-8-9-16-11(2)10-18-14(16)17/h4-7,10,15H,3,8-9H2,1-2H3. The molecule has 1 aromatic carbocycles. The summed E-state index contributed by atoms with van der Waals surface area (Å²) >= 11 is 1.26. The van der Waals surface area contributed by atoms with Crippen LogP contribution in [0, 0.1) is 6.92 Å². The second kappa shape index (κ2) is 5.87. The molecule has 0 spiro atoms. The largest absolute Gasteiger partial charge is 0.383 e. The van der Waals surface area contributed by atoms with Gasteiger partial charge in [0.25, 0.3) is 0 Å². The third-order valence-corrected chi connectivity index (χ3v) is 3.88. The molecule has 0 bridgehead atoms. The van der Waals surface area contributed by atoms with Gasteiger partial charge in [-0.05, 0) is 31.0 Å². The van der Waals surface area contributed by atoms with Gasteiger partial charge >= 0.3 is 4.87 Å². The molecule has 0 unspecified atom stereocenters. The lowest BCUT2D eigenvalue weighted by Crippen LogP contribution is -2.19. The number of aryl methyl sites for hydroxylation is 2. The van der Waals surface area contributed by atoms with Crippen molar-refractivity contribution >= 4 is 17.0 Å². The topological polar surface area (TPSA) is 34.0 Å². The molecule has 0 fully saturated rings. The van der Waals surface area contributed by atoms with Crippen LogP contribution in [0.25, 0.3) is 0 Å². The van der Waals surface area contributed by atoms with Crippen LogP contribution < -0.4 is 10.2 Å². The molecule has 0 radical (unpaired) electrons. The maximum atomic E-state index is 11.5. The predicted octanol–water partition coefficient (Wildman–Crippen LogP) is 2.89. The van der Waals surface area contributed by atoms with E-state index >= 15 is 0 Å². The Morgan fingerprint density at radius 1 is 1.28 bits per heavy atom. The zero-order chi connectivity index (χ0) is 13.0. The number of hydrogen-bond donors (Lipinski definition) is 1. The highest BCUT2D eigenvalue weighted by Gasteiger charge is 2.01. The van der Waals surface area contributed by atoms with Crippen LogP contribution in [0.3, 0.4) is 0 Å². The van der Waals surface area contributed by atoms with E-state index in [0.29, 0.717) is 6.54 Å². The van der Waals surface area contributed by atoms with E-state index in [0.717, 1.165) is 24.3 Å². The Balaban J connectivity index is 1.90. The molecule has 3 nitrogen and oxygen atoms in total. The second-order valence-electron chi connectivity index (χ2n) is 4.27. The second-order valence-corrected chi connectivity index (χ2v) is 5.09. The van der Waals surface area contributed by atoms with E-state index in [-0.39, 0.29) is 4.87 Å². The van der Waals surface area contributed by atoms with Gasteiger partial charge in [0.2, 0.25) is 0 Å². The molecule has 4 heteroatoms. The number of nitrogens with zero attached hydrogens (tertiary/aromatic N) is 1. The summed E-state index contributed by atoms with van der Waals surface area (Å²) < 4.78 is 1.80. The van der Waals surface area contributed by atoms with Gasteiger partial charge in [0.15, 0.2) is 0 Å². The molecular weight excluding hydrogens is 244 g/mol. The molecule has 1 heterocycles. The Kier molecular flexibility index (Phi) is 4.20. The summed E-state index contributed by atoms with van der Waals surface area (Å²) in [7, 11) is 0. The molecule has 1 aromatic heterocycles. The summed E-state index contributed by atoms with van der Waals surface area (Å²) in [6, 6.07) is 8.43. The van der Waals surface area contributed by atoms with Crippen molar-refractivity contribution in [1.82, 2.24) is 4.57 Å². The van der Waals surface area contributed by atoms with Crippen molar-refractivity contribution in [2.24, 2.45) is 0 Å². The summed E-state index contributed by atoms with van der Waals surface area (Å²) in [6.07, 6.45) is 1.06. The lowest BCUT2D eigenvalue weighted by atomic mass is 10.1. The molecule has 0 saturated carbocycles. The third kappa shape index (κ3) is 3.01. The van der Waals surface area contributed by atoms with Gasteiger partial charge in [0.1, 0.15) is 0 Å². The zero-order valence-corrected chi connectivity index (χ0v) is 11.6. The van der Waals surface area contributed by atoms with E-state index in [4.69, 9.17) is 0 Å². The van der Waals surface area contributed by atoms with Crippen molar-refractivity contribution in [2.45, 2.75) is 26.8 Å². The number of rotatable bonds is 5. The molecule has 0 aliphatic heterocycles. The van der Waals surface area contributed by atoms with Gasteiger partial charge in [-0.25, -0.2) is 0 Å². The molecule has 0 aliphatic rings. The van der Waals surface area contributed by atoms with Crippen LogP contribution in [0.2, 0.25) is 0 Å². The Bertz CT molecular complexity index is 554. The fraction of sp³-hybridized carbons (Fsp3) is 0.357. The molecule has 0 amide bonds. The van der Waals surface area contributed by atoms with Gasteiger partial charge in [-0.2, -0.15) is 0 Å². The van der Waals surface area contributed by atoms with E-state index in [1.165, 1.54) is 16.9 Å². The van der Waals surface area contributed by atoms with Crippen molar-refractivity contribution in [3.05, 3.63) is 50.6 Å². The molecule has 96 valence electrons. The minimum Gasteiger partial charge on any atom is -0.383 e. The predicted molar refractivity (Wildman–Crippen MR) is 77.6 cm³/mol. The van der Waals surface area contributed by atoms with Crippen LogP contribution >= 0.6 is 11.3 Å². The first-order valence-corrected chi connectivity index (χ1v) is 7.06. The van der Waals surface area contributed by atoms with Crippen LogP contribution in [0.5, 0.6) is 0 Å².